The molecule has 2 nitrogen and oxygen atoms in total. The number of ether oxygens (including phenoxy) is 2. The Hall–Kier alpha value is -0.640. The summed E-state index contributed by atoms with van der Waals surface area (Å²) in [6, 6.07) is -4.92. The summed E-state index contributed by atoms with van der Waals surface area (Å²) in [6.45, 7) is 3.89. The SMILES string of the molecule is CC(C)OC(F)(OC(C)C)C(F)(F)C(F)(F)C(F)(F)F. The zero-order valence-electron chi connectivity index (χ0n) is 11.0. The van der Waals surface area contributed by atoms with Crippen molar-refractivity contribution in [3.05, 3.63) is 0 Å². The molecule has 10 heteroatoms. The van der Waals surface area contributed by atoms with E-state index in [0.29, 0.717) is 0 Å². The minimum atomic E-state index is -6.67. The molecule has 0 aliphatic carbocycles. The van der Waals surface area contributed by atoms with Crippen LogP contribution in [0.25, 0.3) is 0 Å². The second kappa shape index (κ2) is 5.63. The molecule has 0 radical (unpaired) electrons. The third-order valence-electron chi connectivity index (χ3n) is 1.90. The van der Waals surface area contributed by atoms with Gasteiger partial charge in [-0.05, 0) is 27.7 Å². The standard InChI is InChI=1S/C10H14F8O2/c1-5(2)19-10(18,20-6(3)4)8(13,14)7(11,12)9(15,16)17/h5-6H,1-4H3. The first kappa shape index (κ1) is 19.4. The van der Waals surface area contributed by atoms with Crippen molar-refractivity contribution < 1.29 is 44.6 Å². The van der Waals surface area contributed by atoms with E-state index < -0.39 is 36.3 Å². The minimum absolute atomic E-state index is 0.972. The Morgan fingerprint density at radius 1 is 0.600 bits per heavy atom. The molecule has 0 rings (SSSR count). The predicted molar refractivity (Wildman–Crippen MR) is 52.2 cm³/mol. The molecule has 0 spiro atoms. The van der Waals surface area contributed by atoms with E-state index in [-0.39, 0.29) is 0 Å². The molecule has 0 aliphatic rings. The Morgan fingerprint density at radius 2 is 0.900 bits per heavy atom. The van der Waals surface area contributed by atoms with Crippen LogP contribution in [0.15, 0.2) is 0 Å². The van der Waals surface area contributed by atoms with Gasteiger partial charge in [-0.3, -0.25) is 0 Å². The van der Waals surface area contributed by atoms with Gasteiger partial charge in [-0.15, -0.1) is 0 Å². The number of halogens is 8. The molecule has 0 N–H and O–H groups in total. The van der Waals surface area contributed by atoms with E-state index in [2.05, 4.69) is 9.47 Å². The van der Waals surface area contributed by atoms with Crippen LogP contribution in [0, 0.1) is 0 Å². The second-order valence-electron chi connectivity index (χ2n) is 4.52. The molecule has 0 fully saturated rings. The van der Waals surface area contributed by atoms with Crippen LogP contribution in [-0.4, -0.2) is 36.3 Å². The smallest absolute Gasteiger partial charge is 0.316 e. The van der Waals surface area contributed by atoms with Crippen LogP contribution < -0.4 is 0 Å². The highest BCUT2D eigenvalue weighted by molar-refractivity contribution is 4.97. The normalized spacial score (nSPS) is 15.3. The van der Waals surface area contributed by atoms with E-state index in [1.807, 2.05) is 0 Å². The van der Waals surface area contributed by atoms with Crippen molar-refractivity contribution in [2.75, 3.05) is 0 Å². The van der Waals surface area contributed by atoms with Crippen LogP contribution in [0.1, 0.15) is 27.7 Å². The first-order chi connectivity index (χ1) is 8.58. The molecule has 0 saturated carbocycles. The van der Waals surface area contributed by atoms with E-state index in [0.717, 1.165) is 27.7 Å². The van der Waals surface area contributed by atoms with Crippen LogP contribution in [0.4, 0.5) is 35.1 Å². The van der Waals surface area contributed by atoms with E-state index in [1.165, 1.54) is 0 Å². The summed E-state index contributed by atoms with van der Waals surface area (Å²) < 4.78 is 110. The summed E-state index contributed by atoms with van der Waals surface area (Å²) in [4.78, 5) is 0. The summed E-state index contributed by atoms with van der Waals surface area (Å²) >= 11 is 0. The Bertz CT molecular complexity index is 314. The van der Waals surface area contributed by atoms with Crippen LogP contribution >= 0.6 is 0 Å². The molecule has 0 bridgehead atoms. The summed E-state index contributed by atoms with van der Waals surface area (Å²) in [7, 11) is 0. The van der Waals surface area contributed by atoms with Crippen molar-refractivity contribution in [1.29, 1.82) is 0 Å². The van der Waals surface area contributed by atoms with Gasteiger partial charge < -0.3 is 9.47 Å². The fourth-order valence-corrected chi connectivity index (χ4v) is 1.15. The lowest BCUT2D eigenvalue weighted by Gasteiger charge is -2.39. The summed E-state index contributed by atoms with van der Waals surface area (Å²) in [5.41, 5.74) is 0. The quantitative estimate of drug-likeness (QED) is 0.537. The van der Waals surface area contributed by atoms with Crippen LogP contribution in [-0.2, 0) is 9.47 Å². The molecule has 122 valence electrons. The van der Waals surface area contributed by atoms with Crippen LogP contribution in [0.3, 0.4) is 0 Å². The number of hydrogen-bond donors (Lipinski definition) is 0. The molecule has 0 aromatic heterocycles. The average Bonchev–Trinajstić information content (AvgIpc) is 2.11. The second-order valence-corrected chi connectivity index (χ2v) is 4.52. The van der Waals surface area contributed by atoms with Crippen molar-refractivity contribution in [2.45, 2.75) is 64.0 Å². The lowest BCUT2D eigenvalue weighted by molar-refractivity contribution is -0.482. The maximum atomic E-state index is 13.9. The van der Waals surface area contributed by atoms with Crippen molar-refractivity contribution in [1.82, 2.24) is 0 Å². The maximum absolute atomic E-state index is 13.9. The average molecular weight is 318 g/mol. The third kappa shape index (κ3) is 3.51. The van der Waals surface area contributed by atoms with Gasteiger partial charge in [0.1, 0.15) is 0 Å². The van der Waals surface area contributed by atoms with Crippen molar-refractivity contribution in [3.8, 4) is 0 Å². The van der Waals surface area contributed by atoms with E-state index >= 15 is 0 Å². The van der Waals surface area contributed by atoms with Gasteiger partial charge in [0.15, 0.2) is 0 Å². The molecular weight excluding hydrogens is 304 g/mol. The Kier molecular flexibility index (Phi) is 5.45. The minimum Gasteiger partial charge on any atom is -0.316 e. The number of rotatable bonds is 6. The molecule has 0 atom stereocenters. The Balaban J connectivity index is 5.77. The molecule has 0 amide bonds. The van der Waals surface area contributed by atoms with Gasteiger partial charge >= 0.3 is 24.1 Å². The summed E-state index contributed by atoms with van der Waals surface area (Å²) in [5.74, 6) is -12.9. The van der Waals surface area contributed by atoms with Gasteiger partial charge in [-0.2, -0.15) is 35.1 Å². The molecule has 0 aromatic carbocycles. The lowest BCUT2D eigenvalue weighted by atomic mass is 10.1. The van der Waals surface area contributed by atoms with Gasteiger partial charge in [-0.25, -0.2) is 0 Å². The number of alkyl halides is 8. The van der Waals surface area contributed by atoms with E-state index in [1.54, 1.807) is 0 Å². The maximum Gasteiger partial charge on any atom is 0.460 e. The first-order valence-corrected chi connectivity index (χ1v) is 5.45. The topological polar surface area (TPSA) is 18.5 Å². The Morgan fingerprint density at radius 3 is 1.10 bits per heavy atom. The largest absolute Gasteiger partial charge is 0.460 e. The molecule has 20 heavy (non-hydrogen) atoms. The molecule has 0 saturated heterocycles. The van der Waals surface area contributed by atoms with Crippen LogP contribution in [0.2, 0.25) is 0 Å². The lowest BCUT2D eigenvalue weighted by Crippen LogP contribution is -2.65. The van der Waals surface area contributed by atoms with Gasteiger partial charge in [0.2, 0.25) is 0 Å². The first-order valence-electron chi connectivity index (χ1n) is 5.45. The van der Waals surface area contributed by atoms with Gasteiger partial charge in [0.05, 0.1) is 12.2 Å². The fraction of sp³-hybridized carbons (Fsp3) is 1.00. The predicted octanol–water partition coefficient (Wildman–Crippen LogP) is 4.29. The van der Waals surface area contributed by atoms with Crippen molar-refractivity contribution >= 4 is 0 Å². The molecular formula is C10H14F8O2. The zero-order chi connectivity index (χ0) is 16.6. The molecule has 0 aliphatic heterocycles. The zero-order valence-corrected chi connectivity index (χ0v) is 11.0. The molecule has 0 unspecified atom stereocenters. The summed E-state index contributed by atoms with van der Waals surface area (Å²) in [6.07, 6.45) is -9.52. The monoisotopic (exact) mass is 318 g/mol. The third-order valence-corrected chi connectivity index (χ3v) is 1.90. The highest BCUT2D eigenvalue weighted by Gasteiger charge is 2.83. The number of hydrogen-bond acceptors (Lipinski definition) is 2. The fourth-order valence-electron chi connectivity index (χ4n) is 1.15. The van der Waals surface area contributed by atoms with Crippen molar-refractivity contribution in [3.63, 3.8) is 0 Å². The van der Waals surface area contributed by atoms with Crippen molar-refractivity contribution in [2.24, 2.45) is 0 Å². The van der Waals surface area contributed by atoms with E-state index in [4.69, 9.17) is 0 Å². The summed E-state index contributed by atoms with van der Waals surface area (Å²) in [5, 5.41) is 0. The van der Waals surface area contributed by atoms with Crippen LogP contribution in [0.5, 0.6) is 0 Å². The molecule has 0 aromatic rings. The van der Waals surface area contributed by atoms with E-state index in [9.17, 15) is 35.1 Å². The highest BCUT2D eigenvalue weighted by Crippen LogP contribution is 2.53. The molecule has 0 heterocycles. The van der Waals surface area contributed by atoms with Gasteiger partial charge in [0.25, 0.3) is 0 Å². The highest BCUT2D eigenvalue weighted by atomic mass is 19.4. The van der Waals surface area contributed by atoms with Gasteiger partial charge in [-0.1, -0.05) is 0 Å². The van der Waals surface area contributed by atoms with Gasteiger partial charge in [0, 0.05) is 0 Å². The Labute approximate surface area is 110 Å².